The number of primary amides is 1. The van der Waals surface area contributed by atoms with Crippen molar-refractivity contribution in [2.75, 3.05) is 17.2 Å². The van der Waals surface area contributed by atoms with E-state index in [1.54, 1.807) is 48.5 Å². The summed E-state index contributed by atoms with van der Waals surface area (Å²) in [7, 11) is 0. The average Bonchev–Trinajstić information content (AvgIpc) is 3.29. The van der Waals surface area contributed by atoms with Crippen LogP contribution in [-0.4, -0.2) is 35.4 Å². The van der Waals surface area contributed by atoms with Gasteiger partial charge in [-0.3, -0.25) is 19.2 Å². The van der Waals surface area contributed by atoms with Crippen molar-refractivity contribution in [1.82, 2.24) is 0 Å². The number of amides is 3. The molecule has 11 nitrogen and oxygen atoms in total. The molecule has 3 rings (SSSR count). The fourth-order valence-corrected chi connectivity index (χ4v) is 8.06. The third-order valence-electron chi connectivity index (χ3n) is 12.1. The van der Waals surface area contributed by atoms with E-state index in [0.717, 1.165) is 25.7 Å². The first-order valence-electron chi connectivity index (χ1n) is 24.6. The number of ether oxygens (including phenoxy) is 1. The van der Waals surface area contributed by atoms with E-state index in [4.69, 9.17) is 10.5 Å². The molecule has 0 radical (unpaired) electrons. The van der Waals surface area contributed by atoms with E-state index in [1.165, 1.54) is 102 Å². The SMILES string of the molecule is CCCCCCCCCCCCCCCCCCOC(=O)C(C)CCC(CCC(CC)c1ccccc1)C(=O)Nc1cccc(NC(=O)C(N=Nc2ccc(CC(N)=O)cc2)=C(C)O)c1. The number of anilines is 2. The van der Waals surface area contributed by atoms with Crippen LogP contribution in [0.4, 0.5) is 17.1 Å². The lowest BCUT2D eigenvalue weighted by atomic mass is 9.85. The van der Waals surface area contributed by atoms with Gasteiger partial charge in [-0.2, -0.15) is 5.11 Å². The fourth-order valence-electron chi connectivity index (χ4n) is 8.06. The average molecular weight is 894 g/mol. The lowest BCUT2D eigenvalue weighted by Gasteiger charge is -2.22. The first-order chi connectivity index (χ1) is 31.5. The third-order valence-corrected chi connectivity index (χ3v) is 12.1. The van der Waals surface area contributed by atoms with Gasteiger partial charge in [0.2, 0.25) is 11.8 Å². The van der Waals surface area contributed by atoms with Crippen LogP contribution in [0.25, 0.3) is 0 Å². The van der Waals surface area contributed by atoms with E-state index >= 15 is 0 Å². The minimum absolute atomic E-state index is 0.0871. The van der Waals surface area contributed by atoms with Crippen molar-refractivity contribution >= 4 is 40.8 Å². The third kappa shape index (κ3) is 22.9. The monoisotopic (exact) mass is 894 g/mol. The Labute approximate surface area is 389 Å². The summed E-state index contributed by atoms with van der Waals surface area (Å²) in [5, 5.41) is 24.1. The molecule has 0 heterocycles. The minimum atomic E-state index is -0.692. The van der Waals surface area contributed by atoms with Gasteiger partial charge in [-0.05, 0) is 92.8 Å². The van der Waals surface area contributed by atoms with E-state index in [-0.39, 0.29) is 41.6 Å². The van der Waals surface area contributed by atoms with Gasteiger partial charge in [-0.15, -0.1) is 5.11 Å². The number of carbonyl (C=O) groups excluding carboxylic acids is 4. The highest BCUT2D eigenvalue weighted by atomic mass is 16.5. The van der Waals surface area contributed by atoms with E-state index in [9.17, 15) is 24.3 Å². The maximum atomic E-state index is 14.0. The first-order valence-corrected chi connectivity index (χ1v) is 24.6. The summed E-state index contributed by atoms with van der Waals surface area (Å²) in [4.78, 5) is 51.5. The Morgan fingerprint density at radius 2 is 1.23 bits per heavy atom. The Balaban J connectivity index is 1.49. The number of esters is 1. The van der Waals surface area contributed by atoms with E-state index < -0.39 is 11.8 Å². The number of benzene rings is 3. The highest BCUT2D eigenvalue weighted by molar-refractivity contribution is 6.04. The van der Waals surface area contributed by atoms with Gasteiger partial charge in [0, 0.05) is 17.3 Å². The molecule has 0 aliphatic rings. The molecule has 11 heteroatoms. The number of hydrogen-bond acceptors (Lipinski definition) is 8. The van der Waals surface area contributed by atoms with Crippen molar-refractivity contribution < 1.29 is 29.0 Å². The highest BCUT2D eigenvalue weighted by Crippen LogP contribution is 2.30. The van der Waals surface area contributed by atoms with Gasteiger partial charge in [0.05, 0.1) is 24.6 Å². The largest absolute Gasteiger partial charge is 0.510 e. The van der Waals surface area contributed by atoms with Crippen molar-refractivity contribution in [3.63, 3.8) is 0 Å². The molecule has 0 bridgehead atoms. The van der Waals surface area contributed by atoms with E-state index in [2.05, 4.69) is 46.8 Å². The summed E-state index contributed by atoms with van der Waals surface area (Å²) in [6.07, 6.45) is 24.2. The van der Waals surface area contributed by atoms with Crippen LogP contribution in [0.3, 0.4) is 0 Å². The molecule has 0 aliphatic heterocycles. The Hall–Kier alpha value is -5.32. The summed E-state index contributed by atoms with van der Waals surface area (Å²) in [6, 6.07) is 23.7. The molecule has 0 aliphatic carbocycles. The van der Waals surface area contributed by atoms with Crippen LogP contribution in [0.2, 0.25) is 0 Å². The normalized spacial score (nSPS) is 13.2. The number of nitrogens with zero attached hydrogens (tertiary/aromatic N) is 2. The number of nitrogens with two attached hydrogens (primary N) is 1. The van der Waals surface area contributed by atoms with Gasteiger partial charge in [0.1, 0.15) is 5.76 Å². The highest BCUT2D eigenvalue weighted by Gasteiger charge is 2.24. The molecule has 3 atom stereocenters. The van der Waals surface area contributed by atoms with Crippen LogP contribution in [0.15, 0.2) is 101 Å². The quantitative estimate of drug-likeness (QED) is 0.0153. The minimum Gasteiger partial charge on any atom is -0.510 e. The maximum Gasteiger partial charge on any atom is 0.308 e. The second-order valence-corrected chi connectivity index (χ2v) is 17.7. The number of aliphatic hydroxyl groups excluding tert-OH is 1. The maximum absolute atomic E-state index is 14.0. The molecule has 0 aromatic heterocycles. The molecule has 3 amide bonds. The van der Waals surface area contributed by atoms with Crippen LogP contribution in [0, 0.1) is 11.8 Å². The molecule has 3 aromatic carbocycles. The van der Waals surface area contributed by atoms with Gasteiger partial charge in [0.25, 0.3) is 5.91 Å². The van der Waals surface area contributed by atoms with Crippen molar-refractivity contribution in [1.29, 1.82) is 0 Å². The van der Waals surface area contributed by atoms with Crippen LogP contribution in [0.1, 0.15) is 180 Å². The predicted molar refractivity (Wildman–Crippen MR) is 264 cm³/mol. The molecule has 0 fully saturated rings. The van der Waals surface area contributed by atoms with Crippen LogP contribution >= 0.6 is 0 Å². The Kier molecular flexibility index (Phi) is 26.9. The molecule has 0 spiro atoms. The molecule has 0 saturated carbocycles. The number of unbranched alkanes of at least 4 members (excludes halogenated alkanes) is 15. The summed E-state index contributed by atoms with van der Waals surface area (Å²) >= 11 is 0. The summed E-state index contributed by atoms with van der Waals surface area (Å²) in [5.41, 5.74) is 8.21. The zero-order valence-electron chi connectivity index (χ0n) is 40.0. The zero-order chi connectivity index (χ0) is 47.1. The Morgan fingerprint density at radius 1 is 0.677 bits per heavy atom. The molecule has 5 N–H and O–H groups in total. The molecular weight excluding hydrogens is 815 g/mol. The molecule has 3 aromatic rings. The predicted octanol–water partition coefficient (Wildman–Crippen LogP) is 14.0. The van der Waals surface area contributed by atoms with Gasteiger partial charge in [-0.1, -0.05) is 166 Å². The van der Waals surface area contributed by atoms with Gasteiger partial charge >= 0.3 is 5.97 Å². The molecule has 0 saturated heterocycles. The zero-order valence-corrected chi connectivity index (χ0v) is 40.0. The van der Waals surface area contributed by atoms with Gasteiger partial charge < -0.3 is 26.2 Å². The standard InChI is InChI=1S/C54H79N5O6/c1-5-7-8-9-10-11-12-13-14-15-16-17-18-19-20-24-38-65-54(64)41(3)30-33-46(35-34-44(6-2)45-26-22-21-23-27-45)52(62)56-48-28-25-29-49(40-48)57-53(63)51(42(4)60)59-58-47-36-31-43(32-37-47)39-50(55)61/h21-23,25-29,31-32,36-37,40-41,44,46,60H,5-20,24,30,33-35,38-39H2,1-4H3,(H2,55,61)(H,56,62)(H,57,63). The second-order valence-electron chi connectivity index (χ2n) is 17.7. The van der Waals surface area contributed by atoms with Crippen LogP contribution < -0.4 is 16.4 Å². The first kappa shape index (κ1) is 54.0. The number of carbonyl (C=O) groups is 4. The lowest BCUT2D eigenvalue weighted by molar-refractivity contribution is -0.148. The number of allylic oxidation sites excluding steroid dienone is 1. The van der Waals surface area contributed by atoms with E-state index in [1.807, 2.05) is 25.1 Å². The molecular formula is C54H79N5O6. The summed E-state index contributed by atoms with van der Waals surface area (Å²) < 4.78 is 5.70. The Bertz CT molecular complexity index is 1890. The van der Waals surface area contributed by atoms with Crippen molar-refractivity contribution in [2.45, 2.75) is 175 Å². The molecule has 3 unspecified atom stereocenters. The number of hydrogen-bond donors (Lipinski definition) is 4. The number of azo groups is 1. The van der Waals surface area contributed by atoms with E-state index in [0.29, 0.717) is 54.4 Å². The number of aliphatic hydroxyl groups is 1. The van der Waals surface area contributed by atoms with Crippen LogP contribution in [0.5, 0.6) is 0 Å². The van der Waals surface area contributed by atoms with Gasteiger partial charge in [0.15, 0.2) is 5.70 Å². The van der Waals surface area contributed by atoms with Crippen molar-refractivity contribution in [2.24, 2.45) is 27.8 Å². The summed E-state index contributed by atoms with van der Waals surface area (Å²) in [5.74, 6) is -2.26. The molecule has 356 valence electrons. The Morgan fingerprint density at radius 3 is 1.78 bits per heavy atom. The fraction of sp³-hybridized carbons (Fsp3) is 0.556. The lowest BCUT2D eigenvalue weighted by Crippen LogP contribution is -2.25. The molecule has 65 heavy (non-hydrogen) atoms. The number of rotatable bonds is 34. The topological polar surface area (TPSA) is 173 Å². The van der Waals surface area contributed by atoms with Crippen molar-refractivity contribution in [3.05, 3.63) is 101 Å². The van der Waals surface area contributed by atoms with Crippen molar-refractivity contribution in [3.8, 4) is 0 Å². The smallest absolute Gasteiger partial charge is 0.308 e. The summed E-state index contributed by atoms with van der Waals surface area (Å²) in [6.45, 7) is 8.08. The number of nitrogens with one attached hydrogen (secondary N) is 2. The van der Waals surface area contributed by atoms with Crippen LogP contribution in [-0.2, 0) is 30.3 Å². The van der Waals surface area contributed by atoms with Gasteiger partial charge in [-0.25, -0.2) is 0 Å². The second kappa shape index (κ2) is 32.4.